The molecule has 3 rings (SSSR count). The van der Waals surface area contributed by atoms with E-state index in [9.17, 15) is 9.59 Å². The van der Waals surface area contributed by atoms with Crippen molar-refractivity contribution in [3.63, 3.8) is 0 Å². The number of nitrogens with zero attached hydrogens (tertiary/aromatic N) is 1. The second-order valence-electron chi connectivity index (χ2n) is 6.55. The second-order valence-corrected chi connectivity index (χ2v) is 6.98. The summed E-state index contributed by atoms with van der Waals surface area (Å²) in [5.74, 6) is -0.910. The average Bonchev–Trinajstić information content (AvgIpc) is 2.61. The van der Waals surface area contributed by atoms with Crippen LogP contribution in [-0.2, 0) is 24.5 Å². The van der Waals surface area contributed by atoms with E-state index in [2.05, 4.69) is 0 Å². The molecular formula is C18H22ClNO5. The molecule has 1 atom stereocenters. The highest BCUT2D eigenvalue weighted by atomic mass is 35.5. The molecule has 1 aromatic carbocycles. The number of carboxylic acids is 1. The van der Waals surface area contributed by atoms with E-state index in [4.69, 9.17) is 26.2 Å². The van der Waals surface area contributed by atoms with Crippen molar-refractivity contribution in [1.29, 1.82) is 0 Å². The van der Waals surface area contributed by atoms with Crippen LogP contribution in [0.2, 0.25) is 5.02 Å². The van der Waals surface area contributed by atoms with Crippen molar-refractivity contribution in [3.05, 3.63) is 34.9 Å². The lowest BCUT2D eigenvalue weighted by Crippen LogP contribution is -2.55. The Morgan fingerprint density at radius 2 is 2.04 bits per heavy atom. The van der Waals surface area contributed by atoms with Gasteiger partial charge in [-0.25, -0.2) is 0 Å². The molecule has 7 heteroatoms. The van der Waals surface area contributed by atoms with Crippen molar-refractivity contribution in [2.24, 2.45) is 0 Å². The summed E-state index contributed by atoms with van der Waals surface area (Å²) in [6.07, 6.45) is 0.614. The van der Waals surface area contributed by atoms with Crippen LogP contribution < -0.4 is 0 Å². The number of carboxylic acid groups (broad SMARTS) is 1. The molecule has 0 aliphatic carbocycles. The van der Waals surface area contributed by atoms with Gasteiger partial charge >= 0.3 is 5.97 Å². The summed E-state index contributed by atoms with van der Waals surface area (Å²) in [4.78, 5) is 26.1. The summed E-state index contributed by atoms with van der Waals surface area (Å²) in [6, 6.07) is 7.43. The minimum Gasteiger partial charge on any atom is -0.481 e. The van der Waals surface area contributed by atoms with E-state index in [1.165, 1.54) is 0 Å². The molecule has 2 saturated heterocycles. The molecule has 1 amide bonds. The minimum atomic E-state index is -0.921. The first-order valence-electron chi connectivity index (χ1n) is 8.48. The van der Waals surface area contributed by atoms with E-state index in [1.54, 1.807) is 11.0 Å². The van der Waals surface area contributed by atoms with Gasteiger partial charge in [-0.05, 0) is 30.5 Å². The summed E-state index contributed by atoms with van der Waals surface area (Å²) in [6.45, 7) is 2.15. The Bertz CT molecular complexity index is 644. The van der Waals surface area contributed by atoms with E-state index in [0.29, 0.717) is 50.8 Å². The van der Waals surface area contributed by atoms with Crippen LogP contribution in [0, 0.1) is 0 Å². The van der Waals surface area contributed by atoms with E-state index >= 15 is 0 Å². The molecule has 0 bridgehead atoms. The van der Waals surface area contributed by atoms with Crippen molar-refractivity contribution >= 4 is 23.5 Å². The van der Waals surface area contributed by atoms with Gasteiger partial charge < -0.3 is 19.5 Å². The number of benzene rings is 1. The maximum Gasteiger partial charge on any atom is 0.306 e. The molecule has 2 heterocycles. The minimum absolute atomic E-state index is 0.0109. The number of carbonyl (C=O) groups excluding carboxylic acids is 1. The summed E-state index contributed by atoms with van der Waals surface area (Å²) in [5, 5.41) is 9.58. The Hall–Kier alpha value is -1.63. The third-order valence-corrected chi connectivity index (χ3v) is 5.20. The van der Waals surface area contributed by atoms with Crippen LogP contribution in [0.5, 0.6) is 0 Å². The van der Waals surface area contributed by atoms with Gasteiger partial charge in [-0.2, -0.15) is 0 Å². The van der Waals surface area contributed by atoms with Crippen LogP contribution in [0.4, 0.5) is 0 Å². The van der Waals surface area contributed by atoms with Gasteiger partial charge in [-0.1, -0.05) is 23.7 Å². The van der Waals surface area contributed by atoms with Gasteiger partial charge in [-0.15, -0.1) is 0 Å². The number of morpholine rings is 1. The molecule has 0 saturated carbocycles. The number of rotatable bonds is 4. The van der Waals surface area contributed by atoms with Gasteiger partial charge in [0, 0.05) is 31.3 Å². The number of hydrogen-bond donors (Lipinski definition) is 1. The Kier molecular flexibility index (Phi) is 5.61. The lowest BCUT2D eigenvalue weighted by atomic mass is 9.73. The summed E-state index contributed by atoms with van der Waals surface area (Å²) >= 11 is 6.16. The van der Waals surface area contributed by atoms with E-state index < -0.39 is 17.5 Å². The SMILES string of the molecule is O=C(O)CC1CN(C(=O)C2(c3cccc(Cl)c3)CCOCC2)CCO1. The molecule has 6 nitrogen and oxygen atoms in total. The zero-order chi connectivity index (χ0) is 17.9. The largest absolute Gasteiger partial charge is 0.481 e. The first-order valence-corrected chi connectivity index (χ1v) is 8.86. The zero-order valence-electron chi connectivity index (χ0n) is 13.9. The van der Waals surface area contributed by atoms with Crippen LogP contribution in [0.3, 0.4) is 0 Å². The quantitative estimate of drug-likeness (QED) is 0.881. The smallest absolute Gasteiger partial charge is 0.306 e. The average molecular weight is 368 g/mol. The van der Waals surface area contributed by atoms with Crippen LogP contribution in [0.15, 0.2) is 24.3 Å². The summed E-state index contributed by atoms with van der Waals surface area (Å²) in [5.41, 5.74) is 0.225. The molecule has 136 valence electrons. The van der Waals surface area contributed by atoms with Crippen molar-refractivity contribution < 1.29 is 24.2 Å². The molecule has 0 aromatic heterocycles. The first kappa shape index (κ1) is 18.2. The molecule has 1 N–H and O–H groups in total. The fraction of sp³-hybridized carbons (Fsp3) is 0.556. The van der Waals surface area contributed by atoms with Crippen molar-refractivity contribution in [1.82, 2.24) is 4.90 Å². The topological polar surface area (TPSA) is 76.1 Å². The Labute approximate surface area is 151 Å². The van der Waals surface area contributed by atoms with Crippen molar-refractivity contribution in [2.75, 3.05) is 32.9 Å². The Morgan fingerprint density at radius 3 is 2.72 bits per heavy atom. The van der Waals surface area contributed by atoms with Crippen molar-refractivity contribution in [3.8, 4) is 0 Å². The van der Waals surface area contributed by atoms with Crippen LogP contribution in [0.1, 0.15) is 24.8 Å². The fourth-order valence-corrected chi connectivity index (χ4v) is 3.85. The molecule has 2 aliphatic rings. The van der Waals surface area contributed by atoms with E-state index in [1.807, 2.05) is 18.2 Å². The molecule has 0 radical (unpaired) electrons. The third kappa shape index (κ3) is 3.97. The fourth-order valence-electron chi connectivity index (χ4n) is 3.66. The lowest BCUT2D eigenvalue weighted by molar-refractivity contribution is -0.153. The highest BCUT2D eigenvalue weighted by Gasteiger charge is 2.45. The van der Waals surface area contributed by atoms with Gasteiger partial charge in [0.25, 0.3) is 0 Å². The Balaban J connectivity index is 1.86. The Morgan fingerprint density at radius 1 is 1.28 bits per heavy atom. The number of ether oxygens (including phenoxy) is 2. The lowest BCUT2D eigenvalue weighted by Gasteiger charge is -2.42. The highest BCUT2D eigenvalue weighted by Crippen LogP contribution is 2.38. The van der Waals surface area contributed by atoms with E-state index in [-0.39, 0.29) is 12.3 Å². The third-order valence-electron chi connectivity index (χ3n) is 4.96. The molecule has 25 heavy (non-hydrogen) atoms. The molecular weight excluding hydrogens is 346 g/mol. The van der Waals surface area contributed by atoms with Gasteiger partial charge in [0.05, 0.1) is 24.5 Å². The summed E-state index contributed by atoms with van der Waals surface area (Å²) in [7, 11) is 0. The predicted molar refractivity (Wildman–Crippen MR) is 91.8 cm³/mol. The first-order chi connectivity index (χ1) is 12.0. The number of amides is 1. The van der Waals surface area contributed by atoms with Gasteiger partial charge in [-0.3, -0.25) is 9.59 Å². The number of hydrogen-bond acceptors (Lipinski definition) is 4. The van der Waals surface area contributed by atoms with Crippen molar-refractivity contribution in [2.45, 2.75) is 30.8 Å². The van der Waals surface area contributed by atoms with Crippen LogP contribution in [0.25, 0.3) is 0 Å². The standard InChI is InChI=1S/C18H22ClNO5/c19-14-3-1-2-13(10-14)18(4-7-24-8-5-18)17(23)20-6-9-25-15(12-20)11-16(21)22/h1-3,10,15H,4-9,11-12H2,(H,21,22). The van der Waals surface area contributed by atoms with Gasteiger partial charge in [0.15, 0.2) is 0 Å². The molecule has 2 fully saturated rings. The normalized spacial score (nSPS) is 23.2. The summed E-state index contributed by atoms with van der Waals surface area (Å²) < 4.78 is 11.0. The number of carbonyl (C=O) groups is 2. The van der Waals surface area contributed by atoms with Gasteiger partial charge in [0.2, 0.25) is 5.91 Å². The molecule has 1 unspecified atom stereocenters. The van der Waals surface area contributed by atoms with E-state index in [0.717, 1.165) is 5.56 Å². The van der Waals surface area contributed by atoms with Crippen LogP contribution in [-0.4, -0.2) is 60.9 Å². The molecule has 1 aromatic rings. The molecule has 2 aliphatic heterocycles. The zero-order valence-corrected chi connectivity index (χ0v) is 14.7. The van der Waals surface area contributed by atoms with Crippen LogP contribution >= 0.6 is 11.6 Å². The maximum absolute atomic E-state index is 13.4. The predicted octanol–water partition coefficient (Wildman–Crippen LogP) is 2.09. The number of halogens is 1. The second kappa shape index (κ2) is 7.72. The number of aliphatic carboxylic acids is 1. The van der Waals surface area contributed by atoms with Gasteiger partial charge in [0.1, 0.15) is 0 Å². The molecule has 0 spiro atoms. The maximum atomic E-state index is 13.4. The monoisotopic (exact) mass is 367 g/mol. The highest BCUT2D eigenvalue weighted by molar-refractivity contribution is 6.30.